The maximum absolute atomic E-state index is 12.5. The number of nitrogens with one attached hydrogen (secondary N) is 2. The maximum Gasteiger partial charge on any atom is 0.252 e. The molecule has 5 heteroatoms. The molecular formula is C20H26N2O2S. The lowest BCUT2D eigenvalue weighted by atomic mass is 9.91. The molecule has 3 rings (SSSR count). The van der Waals surface area contributed by atoms with Crippen molar-refractivity contribution >= 4 is 28.4 Å². The topological polar surface area (TPSA) is 50.4 Å². The van der Waals surface area contributed by atoms with E-state index in [0.717, 1.165) is 37.4 Å². The molecule has 0 bridgehead atoms. The Morgan fingerprint density at radius 1 is 1.20 bits per heavy atom. The predicted octanol–water partition coefficient (Wildman–Crippen LogP) is 2.96. The fourth-order valence-electron chi connectivity index (χ4n) is 3.35. The normalized spacial score (nSPS) is 16.7. The molecule has 1 amide bonds. The second-order valence-corrected chi connectivity index (χ2v) is 7.50. The van der Waals surface area contributed by atoms with E-state index in [-0.39, 0.29) is 5.91 Å². The van der Waals surface area contributed by atoms with Crippen LogP contribution in [-0.4, -0.2) is 44.0 Å². The molecule has 0 spiro atoms. The number of hydrogen-bond donors (Lipinski definition) is 2. The van der Waals surface area contributed by atoms with Crippen molar-refractivity contribution in [2.45, 2.75) is 24.2 Å². The van der Waals surface area contributed by atoms with Crippen molar-refractivity contribution in [3.63, 3.8) is 0 Å². The quantitative estimate of drug-likeness (QED) is 0.747. The Balaban J connectivity index is 1.46. The number of methoxy groups -OCH3 is 1. The van der Waals surface area contributed by atoms with Gasteiger partial charge in [-0.2, -0.15) is 11.8 Å². The summed E-state index contributed by atoms with van der Waals surface area (Å²) in [5, 5.41) is 8.92. The summed E-state index contributed by atoms with van der Waals surface area (Å²) >= 11 is 1.85. The summed E-state index contributed by atoms with van der Waals surface area (Å²) in [6, 6.07) is 14.9. The first-order chi connectivity index (χ1) is 12.2. The van der Waals surface area contributed by atoms with Gasteiger partial charge in [-0.3, -0.25) is 4.79 Å². The standard InChI is InChI=1S/C20H26N2O2S/c1-24-20(9-11-21-12-10-20)19(23)22-13-14-25-15-17-7-4-6-16-5-2-3-8-18(16)17/h2-8,21H,9-15H2,1H3,(H,22,23). The number of carbonyl (C=O) groups is 1. The zero-order chi connectivity index (χ0) is 17.5. The predicted molar refractivity (Wildman–Crippen MR) is 105 cm³/mol. The summed E-state index contributed by atoms with van der Waals surface area (Å²) in [7, 11) is 1.64. The highest BCUT2D eigenvalue weighted by atomic mass is 32.2. The largest absolute Gasteiger partial charge is 0.368 e. The maximum atomic E-state index is 12.5. The molecule has 1 aliphatic heterocycles. The van der Waals surface area contributed by atoms with Crippen LogP contribution in [0.3, 0.4) is 0 Å². The number of benzene rings is 2. The summed E-state index contributed by atoms with van der Waals surface area (Å²) in [5.74, 6) is 1.88. The first kappa shape index (κ1) is 18.2. The van der Waals surface area contributed by atoms with Crippen molar-refractivity contribution in [3.05, 3.63) is 48.0 Å². The first-order valence-corrected chi connectivity index (χ1v) is 9.99. The number of fused-ring (bicyclic) bond motifs is 1. The Labute approximate surface area is 153 Å². The second kappa shape index (κ2) is 8.70. The third-order valence-electron chi connectivity index (χ3n) is 4.89. The Bertz CT molecular complexity index is 708. The van der Waals surface area contributed by atoms with Gasteiger partial charge in [0.1, 0.15) is 5.60 Å². The Morgan fingerprint density at radius 3 is 2.76 bits per heavy atom. The van der Waals surface area contributed by atoms with Gasteiger partial charge in [0.2, 0.25) is 0 Å². The molecule has 1 aliphatic rings. The Morgan fingerprint density at radius 2 is 1.96 bits per heavy atom. The van der Waals surface area contributed by atoms with E-state index in [9.17, 15) is 4.79 Å². The van der Waals surface area contributed by atoms with Crippen molar-refractivity contribution in [2.75, 3.05) is 32.5 Å². The van der Waals surface area contributed by atoms with E-state index in [1.165, 1.54) is 16.3 Å². The van der Waals surface area contributed by atoms with Gasteiger partial charge in [-0.15, -0.1) is 0 Å². The zero-order valence-electron chi connectivity index (χ0n) is 14.7. The van der Waals surface area contributed by atoms with Crippen LogP contribution < -0.4 is 10.6 Å². The van der Waals surface area contributed by atoms with E-state index in [1.807, 2.05) is 11.8 Å². The van der Waals surface area contributed by atoms with Crippen LogP contribution in [-0.2, 0) is 15.3 Å². The van der Waals surface area contributed by atoms with Gasteiger partial charge in [0.15, 0.2) is 0 Å². The molecule has 2 aromatic rings. The highest BCUT2D eigenvalue weighted by molar-refractivity contribution is 7.98. The van der Waals surface area contributed by atoms with Crippen LogP contribution in [0.5, 0.6) is 0 Å². The van der Waals surface area contributed by atoms with Gasteiger partial charge in [0, 0.05) is 25.2 Å². The molecule has 0 saturated carbocycles. The van der Waals surface area contributed by atoms with Crippen LogP contribution in [0.25, 0.3) is 10.8 Å². The Hall–Kier alpha value is -1.56. The lowest BCUT2D eigenvalue weighted by Gasteiger charge is -2.34. The average molecular weight is 359 g/mol. The number of hydrogen-bond acceptors (Lipinski definition) is 4. The monoisotopic (exact) mass is 358 g/mol. The second-order valence-electron chi connectivity index (χ2n) is 6.40. The summed E-state index contributed by atoms with van der Waals surface area (Å²) < 4.78 is 5.56. The Kier molecular flexibility index (Phi) is 6.34. The van der Waals surface area contributed by atoms with E-state index in [1.54, 1.807) is 7.11 Å². The molecule has 1 saturated heterocycles. The molecule has 0 radical (unpaired) electrons. The summed E-state index contributed by atoms with van der Waals surface area (Å²) in [6.07, 6.45) is 1.47. The number of amides is 1. The molecule has 1 heterocycles. The lowest BCUT2D eigenvalue weighted by molar-refractivity contribution is -0.146. The van der Waals surface area contributed by atoms with Crippen LogP contribution >= 0.6 is 11.8 Å². The zero-order valence-corrected chi connectivity index (χ0v) is 15.5. The summed E-state index contributed by atoms with van der Waals surface area (Å²) in [4.78, 5) is 12.5. The van der Waals surface area contributed by atoms with E-state index < -0.39 is 5.60 Å². The summed E-state index contributed by atoms with van der Waals surface area (Å²) in [5.41, 5.74) is 0.701. The van der Waals surface area contributed by atoms with E-state index in [0.29, 0.717) is 6.54 Å². The highest BCUT2D eigenvalue weighted by Crippen LogP contribution is 2.24. The molecular weight excluding hydrogens is 332 g/mol. The molecule has 134 valence electrons. The molecule has 4 nitrogen and oxygen atoms in total. The van der Waals surface area contributed by atoms with Crippen LogP contribution in [0.2, 0.25) is 0 Å². The molecule has 0 unspecified atom stereocenters. The molecule has 2 aromatic carbocycles. The summed E-state index contributed by atoms with van der Waals surface area (Å²) in [6.45, 7) is 2.33. The minimum absolute atomic E-state index is 0.0299. The highest BCUT2D eigenvalue weighted by Gasteiger charge is 2.39. The van der Waals surface area contributed by atoms with Gasteiger partial charge in [-0.25, -0.2) is 0 Å². The van der Waals surface area contributed by atoms with Gasteiger partial charge in [0.25, 0.3) is 5.91 Å². The number of carbonyl (C=O) groups excluding carboxylic acids is 1. The van der Waals surface area contributed by atoms with Crippen LogP contribution in [0.15, 0.2) is 42.5 Å². The van der Waals surface area contributed by atoms with Crippen LogP contribution in [0, 0.1) is 0 Å². The molecule has 0 atom stereocenters. The average Bonchev–Trinajstić information content (AvgIpc) is 2.68. The number of piperidine rings is 1. The smallest absolute Gasteiger partial charge is 0.252 e. The minimum atomic E-state index is -0.647. The third-order valence-corrected chi connectivity index (χ3v) is 5.89. The van der Waals surface area contributed by atoms with Crippen molar-refractivity contribution < 1.29 is 9.53 Å². The van der Waals surface area contributed by atoms with Crippen molar-refractivity contribution in [1.29, 1.82) is 0 Å². The minimum Gasteiger partial charge on any atom is -0.368 e. The van der Waals surface area contributed by atoms with E-state index >= 15 is 0 Å². The van der Waals surface area contributed by atoms with Crippen molar-refractivity contribution in [3.8, 4) is 0 Å². The van der Waals surface area contributed by atoms with E-state index in [4.69, 9.17) is 4.74 Å². The van der Waals surface area contributed by atoms with Gasteiger partial charge >= 0.3 is 0 Å². The van der Waals surface area contributed by atoms with Gasteiger partial charge < -0.3 is 15.4 Å². The molecule has 2 N–H and O–H groups in total. The third kappa shape index (κ3) is 4.35. The van der Waals surface area contributed by atoms with Crippen LogP contribution in [0.4, 0.5) is 0 Å². The fourth-order valence-corrected chi connectivity index (χ4v) is 4.22. The van der Waals surface area contributed by atoms with E-state index in [2.05, 4.69) is 53.1 Å². The van der Waals surface area contributed by atoms with Gasteiger partial charge in [-0.1, -0.05) is 42.5 Å². The molecule has 0 aromatic heterocycles. The SMILES string of the molecule is COC1(C(=O)NCCSCc2cccc3ccccc23)CCNCC1. The molecule has 25 heavy (non-hydrogen) atoms. The molecule has 0 aliphatic carbocycles. The van der Waals surface area contributed by atoms with Crippen molar-refractivity contribution in [1.82, 2.24) is 10.6 Å². The van der Waals surface area contributed by atoms with Crippen LogP contribution in [0.1, 0.15) is 18.4 Å². The first-order valence-electron chi connectivity index (χ1n) is 8.84. The lowest BCUT2D eigenvalue weighted by Crippen LogP contribution is -2.54. The van der Waals surface area contributed by atoms with Gasteiger partial charge in [0.05, 0.1) is 0 Å². The molecule has 1 fully saturated rings. The van der Waals surface area contributed by atoms with Crippen molar-refractivity contribution in [2.24, 2.45) is 0 Å². The number of ether oxygens (including phenoxy) is 1. The van der Waals surface area contributed by atoms with Gasteiger partial charge in [-0.05, 0) is 42.3 Å². The number of rotatable bonds is 7. The number of thioether (sulfide) groups is 1. The fraction of sp³-hybridized carbons (Fsp3) is 0.450.